The van der Waals surface area contributed by atoms with Crippen LogP contribution in [-0.2, 0) is 0 Å². The van der Waals surface area contributed by atoms with Crippen molar-refractivity contribution in [3.05, 3.63) is 90.0 Å². The highest BCUT2D eigenvalue weighted by molar-refractivity contribution is 6.20. The number of rotatable bonds is 5. The first kappa shape index (κ1) is 13.6. The number of hydrogen-bond acceptors (Lipinski definition) is 0. The van der Waals surface area contributed by atoms with Gasteiger partial charge in [0.15, 0.2) is 0 Å². The molecule has 0 amide bonds. The van der Waals surface area contributed by atoms with Crippen LogP contribution in [0.15, 0.2) is 78.9 Å². The van der Waals surface area contributed by atoms with E-state index in [0.717, 1.165) is 5.57 Å². The molecule has 0 saturated carbocycles. The molecule has 0 N–H and O–H groups in total. The van der Waals surface area contributed by atoms with E-state index in [1.165, 1.54) is 11.1 Å². The Balaban J connectivity index is 2.35. The Labute approximate surface area is 120 Å². The first-order chi connectivity index (χ1) is 9.35. The second-order valence-electron chi connectivity index (χ2n) is 4.39. The van der Waals surface area contributed by atoms with Crippen LogP contribution in [0.5, 0.6) is 0 Å². The molecular formula is C18H17Cl. The normalized spacial score (nSPS) is 13.0. The smallest absolute Gasteiger partial charge is 0.0445 e. The molecule has 1 heteroatoms. The van der Waals surface area contributed by atoms with E-state index in [1.54, 1.807) is 0 Å². The standard InChI is InChI=1S/C18H17Cl/c1-2-18(16-11-7-4-8-12-16)17(14-19)13-15-9-5-3-6-10-15/h2-13,18H,1,14H2. The van der Waals surface area contributed by atoms with Crippen LogP contribution in [0, 0.1) is 0 Å². The summed E-state index contributed by atoms with van der Waals surface area (Å²) in [5, 5.41) is 0. The summed E-state index contributed by atoms with van der Waals surface area (Å²) >= 11 is 6.12. The van der Waals surface area contributed by atoms with Gasteiger partial charge < -0.3 is 0 Å². The van der Waals surface area contributed by atoms with Crippen LogP contribution in [-0.4, -0.2) is 5.88 Å². The van der Waals surface area contributed by atoms with Gasteiger partial charge in [-0.1, -0.05) is 72.8 Å². The molecule has 0 radical (unpaired) electrons. The Hall–Kier alpha value is -1.79. The molecule has 0 saturated heterocycles. The minimum atomic E-state index is 0.166. The lowest BCUT2D eigenvalue weighted by molar-refractivity contribution is 1.01. The van der Waals surface area contributed by atoms with Crippen LogP contribution in [0.1, 0.15) is 17.0 Å². The van der Waals surface area contributed by atoms with Crippen LogP contribution in [0.2, 0.25) is 0 Å². The van der Waals surface area contributed by atoms with Gasteiger partial charge in [-0.3, -0.25) is 0 Å². The first-order valence-corrected chi connectivity index (χ1v) is 6.87. The van der Waals surface area contributed by atoms with Gasteiger partial charge in [0.05, 0.1) is 0 Å². The van der Waals surface area contributed by atoms with Gasteiger partial charge in [-0.05, 0) is 16.7 Å². The summed E-state index contributed by atoms with van der Waals surface area (Å²) in [5.41, 5.74) is 3.55. The molecule has 0 aromatic heterocycles. The van der Waals surface area contributed by atoms with Crippen molar-refractivity contribution in [1.29, 1.82) is 0 Å². The molecule has 0 aliphatic rings. The minimum absolute atomic E-state index is 0.166. The number of halogens is 1. The lowest BCUT2D eigenvalue weighted by atomic mass is 9.91. The van der Waals surface area contributed by atoms with Crippen molar-refractivity contribution in [3.8, 4) is 0 Å². The van der Waals surface area contributed by atoms with E-state index in [9.17, 15) is 0 Å². The molecule has 96 valence electrons. The van der Waals surface area contributed by atoms with E-state index in [0.29, 0.717) is 5.88 Å². The highest BCUT2D eigenvalue weighted by Crippen LogP contribution is 2.28. The van der Waals surface area contributed by atoms with Crippen LogP contribution in [0.4, 0.5) is 0 Å². The van der Waals surface area contributed by atoms with Crippen LogP contribution < -0.4 is 0 Å². The average Bonchev–Trinajstić information content (AvgIpc) is 2.49. The molecule has 0 aliphatic carbocycles. The SMILES string of the molecule is C=CC(C(=Cc1ccccc1)CCl)c1ccccc1. The molecule has 2 rings (SSSR count). The van der Waals surface area contributed by atoms with Crippen molar-refractivity contribution in [2.45, 2.75) is 5.92 Å². The third kappa shape index (κ3) is 3.59. The van der Waals surface area contributed by atoms with E-state index < -0.39 is 0 Å². The Morgan fingerprint density at radius 3 is 2.11 bits per heavy atom. The molecule has 0 aliphatic heterocycles. The summed E-state index contributed by atoms with van der Waals surface area (Å²) in [4.78, 5) is 0. The Morgan fingerprint density at radius 1 is 1.00 bits per heavy atom. The number of hydrogen-bond donors (Lipinski definition) is 0. The number of alkyl halides is 1. The maximum atomic E-state index is 6.12. The van der Waals surface area contributed by atoms with E-state index in [2.05, 4.69) is 36.9 Å². The second kappa shape index (κ2) is 6.96. The molecule has 2 aromatic carbocycles. The van der Waals surface area contributed by atoms with Crippen molar-refractivity contribution in [2.75, 3.05) is 5.88 Å². The lowest BCUT2D eigenvalue weighted by Gasteiger charge is -2.15. The van der Waals surface area contributed by atoms with Gasteiger partial charge in [0, 0.05) is 11.8 Å². The van der Waals surface area contributed by atoms with Gasteiger partial charge in [0.1, 0.15) is 0 Å². The Morgan fingerprint density at radius 2 is 1.58 bits per heavy atom. The minimum Gasteiger partial charge on any atom is -0.122 e. The summed E-state index contributed by atoms with van der Waals surface area (Å²) in [6.45, 7) is 3.95. The topological polar surface area (TPSA) is 0 Å². The molecule has 2 aromatic rings. The molecule has 0 nitrogen and oxygen atoms in total. The van der Waals surface area contributed by atoms with Crippen molar-refractivity contribution in [1.82, 2.24) is 0 Å². The van der Waals surface area contributed by atoms with Crippen molar-refractivity contribution >= 4 is 17.7 Å². The fourth-order valence-corrected chi connectivity index (χ4v) is 2.38. The van der Waals surface area contributed by atoms with Crippen molar-refractivity contribution in [2.24, 2.45) is 0 Å². The lowest BCUT2D eigenvalue weighted by Crippen LogP contribution is -2.00. The molecule has 19 heavy (non-hydrogen) atoms. The molecular weight excluding hydrogens is 252 g/mol. The monoisotopic (exact) mass is 268 g/mol. The van der Waals surface area contributed by atoms with Gasteiger partial charge in [0.25, 0.3) is 0 Å². The molecule has 0 fully saturated rings. The molecule has 0 bridgehead atoms. The number of allylic oxidation sites excluding steroid dienone is 2. The predicted octanol–water partition coefficient (Wildman–Crippen LogP) is 5.28. The summed E-state index contributed by atoms with van der Waals surface area (Å²) in [7, 11) is 0. The van der Waals surface area contributed by atoms with Crippen molar-refractivity contribution in [3.63, 3.8) is 0 Å². The summed E-state index contributed by atoms with van der Waals surface area (Å²) in [5.74, 6) is 0.666. The van der Waals surface area contributed by atoms with Gasteiger partial charge >= 0.3 is 0 Å². The number of benzene rings is 2. The zero-order chi connectivity index (χ0) is 13.5. The Bertz CT molecular complexity index is 540. The fourth-order valence-electron chi connectivity index (χ4n) is 2.14. The highest BCUT2D eigenvalue weighted by Gasteiger charge is 2.12. The van der Waals surface area contributed by atoms with E-state index in [4.69, 9.17) is 11.6 Å². The zero-order valence-electron chi connectivity index (χ0n) is 10.8. The first-order valence-electron chi connectivity index (χ1n) is 6.34. The maximum absolute atomic E-state index is 6.12. The van der Waals surface area contributed by atoms with Gasteiger partial charge in [-0.25, -0.2) is 0 Å². The van der Waals surface area contributed by atoms with Crippen LogP contribution in [0.25, 0.3) is 6.08 Å². The summed E-state index contributed by atoms with van der Waals surface area (Å²) in [6.07, 6.45) is 4.10. The van der Waals surface area contributed by atoms with Crippen LogP contribution in [0.3, 0.4) is 0 Å². The molecule has 0 spiro atoms. The largest absolute Gasteiger partial charge is 0.122 e. The summed E-state index contributed by atoms with van der Waals surface area (Å²) in [6, 6.07) is 20.6. The molecule has 1 atom stereocenters. The third-order valence-electron chi connectivity index (χ3n) is 3.10. The van der Waals surface area contributed by atoms with E-state index >= 15 is 0 Å². The maximum Gasteiger partial charge on any atom is 0.0445 e. The van der Waals surface area contributed by atoms with E-state index in [-0.39, 0.29) is 5.92 Å². The van der Waals surface area contributed by atoms with Gasteiger partial charge in [-0.2, -0.15) is 0 Å². The molecule has 1 unspecified atom stereocenters. The predicted molar refractivity (Wildman–Crippen MR) is 84.5 cm³/mol. The highest BCUT2D eigenvalue weighted by atomic mass is 35.5. The molecule has 0 heterocycles. The third-order valence-corrected chi connectivity index (χ3v) is 3.41. The fraction of sp³-hybridized carbons (Fsp3) is 0.111. The summed E-state index contributed by atoms with van der Waals surface area (Å²) < 4.78 is 0. The van der Waals surface area contributed by atoms with Gasteiger partial charge in [0.2, 0.25) is 0 Å². The average molecular weight is 269 g/mol. The Kier molecular flexibility index (Phi) is 5.00. The second-order valence-corrected chi connectivity index (χ2v) is 4.65. The van der Waals surface area contributed by atoms with Crippen LogP contribution >= 0.6 is 11.6 Å². The van der Waals surface area contributed by atoms with Crippen molar-refractivity contribution < 1.29 is 0 Å². The quantitative estimate of drug-likeness (QED) is 0.511. The van der Waals surface area contributed by atoms with E-state index in [1.807, 2.05) is 42.5 Å². The van der Waals surface area contributed by atoms with Gasteiger partial charge in [-0.15, -0.1) is 18.2 Å². The zero-order valence-corrected chi connectivity index (χ0v) is 11.6.